The molecule has 18 heavy (non-hydrogen) atoms. The largest absolute Gasteiger partial charge is 0.354 e. The first-order valence-corrected chi connectivity index (χ1v) is 7.78. The first-order chi connectivity index (χ1) is 8.53. The van der Waals surface area contributed by atoms with Crippen molar-refractivity contribution in [3.8, 4) is 0 Å². The molecule has 0 bridgehead atoms. The lowest BCUT2D eigenvalue weighted by atomic mass is 10.1. The lowest BCUT2D eigenvalue weighted by Gasteiger charge is -2.39. The fourth-order valence-corrected chi connectivity index (χ4v) is 3.65. The van der Waals surface area contributed by atoms with E-state index in [0.717, 1.165) is 43.1 Å². The van der Waals surface area contributed by atoms with E-state index in [1.807, 2.05) is 11.8 Å². The molecule has 100 valence electrons. The van der Waals surface area contributed by atoms with Crippen LogP contribution in [0.2, 0.25) is 5.15 Å². The van der Waals surface area contributed by atoms with Crippen molar-refractivity contribution in [2.24, 2.45) is 0 Å². The minimum atomic E-state index is 0.277. The lowest BCUT2D eigenvalue weighted by Crippen LogP contribution is -2.44. The molecule has 2 rings (SSSR count). The Bertz CT molecular complexity index is 423. The van der Waals surface area contributed by atoms with E-state index in [0.29, 0.717) is 5.15 Å². The quantitative estimate of drug-likeness (QED) is 0.796. The second kappa shape index (κ2) is 5.66. The zero-order chi connectivity index (χ0) is 13.2. The third kappa shape index (κ3) is 3.09. The Balaban J connectivity index is 2.29. The summed E-state index contributed by atoms with van der Waals surface area (Å²) < 4.78 is 0.277. The van der Waals surface area contributed by atoms with Crippen LogP contribution in [0.3, 0.4) is 0 Å². The normalized spacial score (nSPS) is 19.0. The van der Waals surface area contributed by atoms with Gasteiger partial charge < -0.3 is 4.90 Å². The summed E-state index contributed by atoms with van der Waals surface area (Å²) >= 11 is 8.24. The van der Waals surface area contributed by atoms with Crippen LogP contribution < -0.4 is 4.90 Å². The minimum absolute atomic E-state index is 0.277. The van der Waals surface area contributed by atoms with Crippen LogP contribution in [0.1, 0.15) is 32.8 Å². The molecule has 0 N–H and O–H groups in total. The van der Waals surface area contributed by atoms with Crippen molar-refractivity contribution in [1.82, 2.24) is 9.97 Å². The number of thioether (sulfide) groups is 1. The molecule has 0 spiro atoms. The Morgan fingerprint density at radius 1 is 1.44 bits per heavy atom. The summed E-state index contributed by atoms with van der Waals surface area (Å²) in [6.07, 6.45) is 3.58. The zero-order valence-corrected chi connectivity index (χ0v) is 12.8. The van der Waals surface area contributed by atoms with Gasteiger partial charge in [-0.1, -0.05) is 24.9 Å². The SMILES string of the molecule is CCCc1c(Cl)ncnc1N1CCSC(C)(C)C1. The maximum Gasteiger partial charge on any atom is 0.137 e. The Kier molecular flexibility index (Phi) is 4.38. The number of hydrogen-bond acceptors (Lipinski definition) is 4. The summed E-state index contributed by atoms with van der Waals surface area (Å²) in [6, 6.07) is 0. The van der Waals surface area contributed by atoms with Crippen molar-refractivity contribution in [3.05, 3.63) is 17.0 Å². The first-order valence-electron chi connectivity index (χ1n) is 6.42. The van der Waals surface area contributed by atoms with E-state index in [1.165, 1.54) is 0 Å². The molecule has 3 nitrogen and oxygen atoms in total. The van der Waals surface area contributed by atoms with E-state index in [1.54, 1.807) is 6.33 Å². The van der Waals surface area contributed by atoms with E-state index in [9.17, 15) is 0 Å². The molecule has 1 aromatic rings. The zero-order valence-electron chi connectivity index (χ0n) is 11.2. The van der Waals surface area contributed by atoms with Crippen molar-refractivity contribution < 1.29 is 0 Å². The van der Waals surface area contributed by atoms with Crippen molar-refractivity contribution >= 4 is 29.2 Å². The third-order valence-electron chi connectivity index (χ3n) is 3.10. The van der Waals surface area contributed by atoms with Crippen LogP contribution in [0.15, 0.2) is 6.33 Å². The number of anilines is 1. The van der Waals surface area contributed by atoms with Crippen LogP contribution in [0.4, 0.5) is 5.82 Å². The number of nitrogens with zero attached hydrogens (tertiary/aromatic N) is 3. The van der Waals surface area contributed by atoms with Gasteiger partial charge in [0.15, 0.2) is 0 Å². The topological polar surface area (TPSA) is 29.0 Å². The molecular formula is C13H20ClN3S. The van der Waals surface area contributed by atoms with Crippen LogP contribution >= 0.6 is 23.4 Å². The van der Waals surface area contributed by atoms with E-state index in [-0.39, 0.29) is 4.75 Å². The second-order valence-electron chi connectivity index (χ2n) is 5.25. The molecule has 0 amide bonds. The molecule has 5 heteroatoms. The molecule has 0 radical (unpaired) electrons. The number of halogens is 1. The summed E-state index contributed by atoms with van der Waals surface area (Å²) in [6.45, 7) is 8.78. The molecule has 1 aliphatic rings. The van der Waals surface area contributed by atoms with Gasteiger partial charge >= 0.3 is 0 Å². The lowest BCUT2D eigenvalue weighted by molar-refractivity contribution is 0.638. The van der Waals surface area contributed by atoms with Crippen molar-refractivity contribution in [3.63, 3.8) is 0 Å². The van der Waals surface area contributed by atoms with Crippen LogP contribution in [0.5, 0.6) is 0 Å². The van der Waals surface area contributed by atoms with E-state index < -0.39 is 0 Å². The highest BCUT2D eigenvalue weighted by Gasteiger charge is 2.29. The van der Waals surface area contributed by atoms with Crippen LogP contribution in [-0.4, -0.2) is 33.6 Å². The third-order valence-corrected chi connectivity index (χ3v) is 4.72. The molecule has 0 unspecified atom stereocenters. The van der Waals surface area contributed by atoms with Crippen LogP contribution in [0.25, 0.3) is 0 Å². The van der Waals surface area contributed by atoms with Gasteiger partial charge in [0, 0.05) is 29.2 Å². The van der Waals surface area contributed by atoms with Crippen molar-refractivity contribution in [2.45, 2.75) is 38.4 Å². The Morgan fingerprint density at radius 3 is 2.89 bits per heavy atom. The number of hydrogen-bond donors (Lipinski definition) is 0. The maximum atomic E-state index is 6.22. The van der Waals surface area contributed by atoms with Crippen LogP contribution in [-0.2, 0) is 6.42 Å². The molecular weight excluding hydrogens is 266 g/mol. The molecule has 1 aromatic heterocycles. The predicted octanol–water partition coefficient (Wildman–Crippen LogP) is 3.41. The van der Waals surface area contributed by atoms with Gasteiger partial charge in [0.25, 0.3) is 0 Å². The Labute approximate surface area is 118 Å². The average molecular weight is 286 g/mol. The maximum absolute atomic E-state index is 6.22. The summed E-state index contributed by atoms with van der Waals surface area (Å²) in [5, 5.41) is 0.609. The van der Waals surface area contributed by atoms with Gasteiger partial charge in [-0.05, 0) is 20.3 Å². The molecule has 0 aromatic carbocycles. The summed E-state index contributed by atoms with van der Waals surface area (Å²) in [5.41, 5.74) is 1.10. The summed E-state index contributed by atoms with van der Waals surface area (Å²) in [5.74, 6) is 2.17. The van der Waals surface area contributed by atoms with E-state index in [4.69, 9.17) is 11.6 Å². The summed E-state index contributed by atoms with van der Waals surface area (Å²) in [7, 11) is 0. The fourth-order valence-electron chi connectivity index (χ4n) is 2.32. The number of rotatable bonds is 3. The molecule has 0 saturated carbocycles. The average Bonchev–Trinajstić information content (AvgIpc) is 2.30. The molecule has 1 aliphatic heterocycles. The van der Waals surface area contributed by atoms with Crippen molar-refractivity contribution in [1.29, 1.82) is 0 Å². The van der Waals surface area contributed by atoms with Gasteiger partial charge in [0.05, 0.1) is 0 Å². The predicted molar refractivity (Wildman–Crippen MR) is 79.8 cm³/mol. The van der Waals surface area contributed by atoms with Crippen molar-refractivity contribution in [2.75, 3.05) is 23.7 Å². The van der Waals surface area contributed by atoms with E-state index in [2.05, 4.69) is 35.6 Å². The van der Waals surface area contributed by atoms with Gasteiger partial charge in [-0.2, -0.15) is 11.8 Å². The van der Waals surface area contributed by atoms with E-state index >= 15 is 0 Å². The highest BCUT2D eigenvalue weighted by molar-refractivity contribution is 8.00. The van der Waals surface area contributed by atoms with Gasteiger partial charge in [-0.25, -0.2) is 9.97 Å². The Hall–Kier alpha value is -0.480. The second-order valence-corrected chi connectivity index (χ2v) is 7.41. The molecule has 2 heterocycles. The molecule has 1 saturated heterocycles. The van der Waals surface area contributed by atoms with Gasteiger partial charge in [0.1, 0.15) is 17.3 Å². The standard InChI is InChI=1S/C13H20ClN3S/c1-4-5-10-11(14)15-9-16-12(10)17-6-7-18-13(2,3)8-17/h9H,4-8H2,1-3H3. The molecule has 0 atom stereocenters. The first kappa shape index (κ1) is 13.9. The van der Waals surface area contributed by atoms with Gasteiger partial charge in [0.2, 0.25) is 0 Å². The van der Waals surface area contributed by atoms with Gasteiger partial charge in [-0.3, -0.25) is 0 Å². The highest BCUT2D eigenvalue weighted by Crippen LogP contribution is 2.34. The van der Waals surface area contributed by atoms with Gasteiger partial charge in [-0.15, -0.1) is 0 Å². The fraction of sp³-hybridized carbons (Fsp3) is 0.692. The molecule has 0 aliphatic carbocycles. The molecule has 1 fully saturated rings. The Morgan fingerprint density at radius 2 is 2.22 bits per heavy atom. The number of aromatic nitrogens is 2. The van der Waals surface area contributed by atoms with Crippen LogP contribution in [0, 0.1) is 0 Å². The highest BCUT2D eigenvalue weighted by atomic mass is 35.5. The summed E-state index contributed by atoms with van der Waals surface area (Å²) in [4.78, 5) is 10.9. The smallest absolute Gasteiger partial charge is 0.137 e. The minimum Gasteiger partial charge on any atom is -0.354 e. The monoisotopic (exact) mass is 285 g/mol.